The summed E-state index contributed by atoms with van der Waals surface area (Å²) in [7, 11) is -1.74. The van der Waals surface area contributed by atoms with Gasteiger partial charge in [0.1, 0.15) is 0 Å². The first-order chi connectivity index (χ1) is 11.7. The van der Waals surface area contributed by atoms with Crippen molar-refractivity contribution in [1.29, 1.82) is 0 Å². The van der Waals surface area contributed by atoms with Crippen LogP contribution in [0.5, 0.6) is 0 Å². The molecule has 2 aromatic carbocycles. The molecule has 0 saturated carbocycles. The molecule has 0 fully saturated rings. The van der Waals surface area contributed by atoms with Gasteiger partial charge in [0.25, 0.3) is 0 Å². The Morgan fingerprint density at radius 2 is 1.80 bits per heavy atom. The number of sulfonamides is 1. The van der Waals surface area contributed by atoms with Crippen molar-refractivity contribution in [2.45, 2.75) is 13.0 Å². The van der Waals surface area contributed by atoms with E-state index in [-0.39, 0.29) is 12.3 Å². The second kappa shape index (κ2) is 8.08. The lowest BCUT2D eigenvalue weighted by molar-refractivity contribution is -0.129. The van der Waals surface area contributed by atoms with E-state index in [4.69, 9.17) is 23.2 Å². The zero-order valence-electron chi connectivity index (χ0n) is 13.8. The van der Waals surface area contributed by atoms with Gasteiger partial charge in [-0.2, -0.15) is 0 Å². The summed E-state index contributed by atoms with van der Waals surface area (Å²) in [5, 5.41) is 0.892. The number of rotatable bonds is 6. The minimum Gasteiger partial charge on any atom is -0.341 e. The van der Waals surface area contributed by atoms with Gasteiger partial charge in [0, 0.05) is 13.6 Å². The fourth-order valence-corrected chi connectivity index (χ4v) is 3.19. The zero-order chi connectivity index (χ0) is 18.6. The van der Waals surface area contributed by atoms with Gasteiger partial charge in [-0.25, -0.2) is 8.42 Å². The second-order valence-electron chi connectivity index (χ2n) is 5.71. The molecule has 0 aliphatic rings. The van der Waals surface area contributed by atoms with Crippen molar-refractivity contribution in [1.82, 2.24) is 4.90 Å². The van der Waals surface area contributed by atoms with Gasteiger partial charge in [0.05, 0.1) is 28.4 Å². The lowest BCUT2D eigenvalue weighted by atomic mass is 10.1. The van der Waals surface area contributed by atoms with E-state index in [0.717, 1.165) is 11.8 Å². The van der Waals surface area contributed by atoms with Gasteiger partial charge in [-0.3, -0.25) is 9.52 Å². The van der Waals surface area contributed by atoms with Gasteiger partial charge in [0.15, 0.2) is 0 Å². The Morgan fingerprint density at radius 1 is 1.12 bits per heavy atom. The Kier molecular flexibility index (Phi) is 6.32. The quantitative estimate of drug-likeness (QED) is 0.805. The molecule has 134 valence electrons. The molecule has 8 heteroatoms. The number of anilines is 1. The van der Waals surface area contributed by atoms with E-state index in [1.54, 1.807) is 54.4 Å². The molecule has 0 unspecified atom stereocenters. The third-order valence-corrected chi connectivity index (χ3v) is 4.81. The Morgan fingerprint density at radius 3 is 2.44 bits per heavy atom. The van der Waals surface area contributed by atoms with Crippen LogP contribution in [-0.2, 0) is 27.8 Å². The second-order valence-corrected chi connectivity index (χ2v) is 8.27. The average molecular weight is 401 g/mol. The molecule has 0 bridgehead atoms. The van der Waals surface area contributed by atoms with Crippen LogP contribution in [-0.4, -0.2) is 32.5 Å². The van der Waals surface area contributed by atoms with Gasteiger partial charge >= 0.3 is 0 Å². The number of amides is 1. The van der Waals surface area contributed by atoms with Gasteiger partial charge in [-0.05, 0) is 29.3 Å². The van der Waals surface area contributed by atoms with Crippen LogP contribution < -0.4 is 4.72 Å². The number of likely N-dealkylation sites (N-methyl/N-ethyl adjacent to an activating group) is 1. The molecule has 0 atom stereocenters. The Bertz CT molecular complexity index is 885. The van der Waals surface area contributed by atoms with Crippen molar-refractivity contribution >= 4 is 44.8 Å². The smallest absolute Gasteiger partial charge is 0.229 e. The van der Waals surface area contributed by atoms with Crippen molar-refractivity contribution in [3.05, 3.63) is 63.6 Å². The van der Waals surface area contributed by atoms with Crippen molar-refractivity contribution in [2.24, 2.45) is 0 Å². The molecule has 2 rings (SSSR count). The molecular formula is C17H18Cl2N2O3S. The summed E-state index contributed by atoms with van der Waals surface area (Å²) in [6.07, 6.45) is 1.15. The third kappa shape index (κ3) is 5.92. The van der Waals surface area contributed by atoms with Crippen LogP contribution in [0, 0.1) is 0 Å². The molecule has 0 radical (unpaired) electrons. The fraction of sp³-hybridized carbons (Fsp3) is 0.235. The first-order valence-electron chi connectivity index (χ1n) is 7.39. The first-order valence-corrected chi connectivity index (χ1v) is 10.0. The number of nitrogens with zero attached hydrogens (tertiary/aromatic N) is 1. The molecule has 1 amide bonds. The highest BCUT2D eigenvalue weighted by Crippen LogP contribution is 2.23. The highest BCUT2D eigenvalue weighted by molar-refractivity contribution is 7.92. The minimum atomic E-state index is -3.42. The summed E-state index contributed by atoms with van der Waals surface area (Å²) in [5.74, 6) is -0.145. The number of benzene rings is 2. The predicted molar refractivity (Wildman–Crippen MR) is 102 cm³/mol. The lowest BCUT2D eigenvalue weighted by Crippen LogP contribution is -2.28. The van der Waals surface area contributed by atoms with Crippen LogP contribution in [0.3, 0.4) is 0 Å². The summed E-state index contributed by atoms with van der Waals surface area (Å²) >= 11 is 11.9. The number of nitrogens with one attached hydrogen (secondary N) is 1. The largest absolute Gasteiger partial charge is 0.341 e. The maximum atomic E-state index is 12.5. The summed E-state index contributed by atoms with van der Waals surface area (Å²) in [6.45, 7) is 0.372. The number of hydrogen-bond donors (Lipinski definition) is 1. The third-order valence-electron chi connectivity index (χ3n) is 3.48. The highest BCUT2D eigenvalue weighted by Gasteiger charge is 2.14. The van der Waals surface area contributed by atoms with E-state index in [0.29, 0.717) is 27.8 Å². The Labute approximate surface area is 157 Å². The average Bonchev–Trinajstić information content (AvgIpc) is 2.51. The Balaban J connectivity index is 2.10. The number of para-hydroxylation sites is 1. The maximum Gasteiger partial charge on any atom is 0.229 e. The standard InChI is InChI=1S/C17H18Cl2N2O3S/c1-21(11-12-7-8-14(18)15(19)9-12)17(22)10-13-5-3-4-6-16(13)20-25(2,23)24/h3-9,20H,10-11H2,1-2H3. The van der Waals surface area contributed by atoms with Crippen LogP contribution in [0.1, 0.15) is 11.1 Å². The van der Waals surface area contributed by atoms with Crippen LogP contribution in [0.2, 0.25) is 10.0 Å². The number of hydrogen-bond acceptors (Lipinski definition) is 3. The van der Waals surface area contributed by atoms with Crippen molar-refractivity contribution in [3.63, 3.8) is 0 Å². The summed E-state index contributed by atoms with van der Waals surface area (Å²) in [5.41, 5.74) is 1.87. The summed E-state index contributed by atoms with van der Waals surface area (Å²) in [4.78, 5) is 14.0. The van der Waals surface area contributed by atoms with Gasteiger partial charge < -0.3 is 4.90 Å². The van der Waals surface area contributed by atoms with E-state index in [1.165, 1.54) is 0 Å². The van der Waals surface area contributed by atoms with Gasteiger partial charge in [0.2, 0.25) is 15.9 Å². The summed E-state index contributed by atoms with van der Waals surface area (Å²) in [6, 6.07) is 12.0. The van der Waals surface area contributed by atoms with Crippen molar-refractivity contribution < 1.29 is 13.2 Å². The molecular weight excluding hydrogens is 383 g/mol. The number of carbonyl (C=O) groups is 1. The molecule has 0 aromatic heterocycles. The number of carbonyl (C=O) groups excluding carboxylic acids is 1. The Hall–Kier alpha value is -1.76. The van der Waals surface area contributed by atoms with Gasteiger partial charge in [-0.1, -0.05) is 47.5 Å². The van der Waals surface area contributed by atoms with Crippen molar-refractivity contribution in [2.75, 3.05) is 18.0 Å². The van der Waals surface area contributed by atoms with Crippen molar-refractivity contribution in [3.8, 4) is 0 Å². The van der Waals surface area contributed by atoms with E-state index in [2.05, 4.69) is 4.72 Å². The van der Waals surface area contributed by atoms with Crippen LogP contribution in [0.15, 0.2) is 42.5 Å². The fourth-order valence-electron chi connectivity index (χ4n) is 2.27. The zero-order valence-corrected chi connectivity index (χ0v) is 16.1. The molecule has 5 nitrogen and oxygen atoms in total. The maximum absolute atomic E-state index is 12.5. The summed E-state index contributed by atoms with van der Waals surface area (Å²) < 4.78 is 25.3. The lowest BCUT2D eigenvalue weighted by Gasteiger charge is -2.19. The molecule has 0 spiro atoms. The normalized spacial score (nSPS) is 11.2. The van der Waals surface area contributed by atoms with Crippen LogP contribution in [0.25, 0.3) is 0 Å². The van der Waals surface area contributed by atoms with E-state index in [9.17, 15) is 13.2 Å². The van der Waals surface area contributed by atoms with Crippen LogP contribution in [0.4, 0.5) is 5.69 Å². The topological polar surface area (TPSA) is 66.5 Å². The van der Waals surface area contributed by atoms with Crippen LogP contribution >= 0.6 is 23.2 Å². The predicted octanol–water partition coefficient (Wildman–Crippen LogP) is 3.57. The van der Waals surface area contributed by atoms with E-state index < -0.39 is 10.0 Å². The molecule has 0 saturated heterocycles. The van der Waals surface area contributed by atoms with Gasteiger partial charge in [-0.15, -0.1) is 0 Å². The molecule has 0 heterocycles. The minimum absolute atomic E-state index is 0.0799. The first kappa shape index (κ1) is 19.6. The molecule has 0 aliphatic heterocycles. The SMILES string of the molecule is CN(Cc1ccc(Cl)c(Cl)c1)C(=O)Cc1ccccc1NS(C)(=O)=O. The number of halogens is 2. The molecule has 0 aliphatic carbocycles. The molecule has 2 aromatic rings. The molecule has 1 N–H and O–H groups in total. The molecule has 25 heavy (non-hydrogen) atoms. The monoisotopic (exact) mass is 400 g/mol. The van der Waals surface area contributed by atoms with E-state index in [1.807, 2.05) is 0 Å². The van der Waals surface area contributed by atoms with E-state index >= 15 is 0 Å². The highest BCUT2D eigenvalue weighted by atomic mass is 35.5.